The third kappa shape index (κ3) is 3.43. The lowest BCUT2D eigenvalue weighted by Gasteiger charge is -2.30. The van der Waals surface area contributed by atoms with Crippen LogP contribution in [0.2, 0.25) is 0 Å². The Morgan fingerprint density at radius 2 is 1.78 bits per heavy atom. The van der Waals surface area contributed by atoms with Gasteiger partial charge in [-0.15, -0.1) is 0 Å². The van der Waals surface area contributed by atoms with Gasteiger partial charge < -0.3 is 5.32 Å². The molecule has 1 heterocycles. The molecule has 0 aromatic rings. The molecule has 3 rings (SSSR count). The lowest BCUT2D eigenvalue weighted by atomic mass is 9.73. The third-order valence-electron chi connectivity index (χ3n) is 5.98. The van der Waals surface area contributed by atoms with E-state index in [0.29, 0.717) is 6.42 Å². The molecule has 0 aromatic heterocycles. The van der Waals surface area contributed by atoms with Gasteiger partial charge in [-0.25, -0.2) is 0 Å². The van der Waals surface area contributed by atoms with Crippen molar-refractivity contribution in [1.82, 2.24) is 10.2 Å². The van der Waals surface area contributed by atoms with Crippen LogP contribution in [0.5, 0.6) is 0 Å². The van der Waals surface area contributed by atoms with Gasteiger partial charge in [-0.2, -0.15) is 0 Å². The van der Waals surface area contributed by atoms with Crippen LogP contribution >= 0.6 is 0 Å². The molecule has 2 aliphatic carbocycles. The van der Waals surface area contributed by atoms with Gasteiger partial charge in [0, 0.05) is 12.5 Å². The molecule has 0 radical (unpaired) electrons. The molecule has 5 nitrogen and oxygen atoms in total. The zero-order valence-corrected chi connectivity index (χ0v) is 14.1. The molecule has 1 saturated heterocycles. The number of imide groups is 1. The number of nitrogens with one attached hydrogen (secondary N) is 1. The number of amides is 3. The average Bonchev–Trinajstić information content (AvgIpc) is 2.75. The maximum Gasteiger partial charge on any atom is 0.240 e. The van der Waals surface area contributed by atoms with Crippen LogP contribution in [0.1, 0.15) is 71.1 Å². The smallest absolute Gasteiger partial charge is 0.240 e. The molecule has 1 N–H and O–H groups in total. The molecular weight excluding hydrogens is 292 g/mol. The lowest BCUT2D eigenvalue weighted by molar-refractivity contribution is -0.145. The van der Waals surface area contributed by atoms with E-state index in [1.807, 2.05) is 0 Å². The van der Waals surface area contributed by atoms with Crippen molar-refractivity contribution >= 4 is 17.7 Å². The maximum absolute atomic E-state index is 12.7. The molecule has 3 amide bonds. The van der Waals surface area contributed by atoms with Crippen LogP contribution < -0.4 is 5.32 Å². The fourth-order valence-electron chi connectivity index (χ4n) is 4.46. The van der Waals surface area contributed by atoms with E-state index in [1.165, 1.54) is 4.90 Å². The molecule has 3 aliphatic rings. The van der Waals surface area contributed by atoms with Crippen LogP contribution in [-0.4, -0.2) is 35.2 Å². The lowest BCUT2D eigenvalue weighted by Crippen LogP contribution is -2.46. The van der Waals surface area contributed by atoms with Crippen molar-refractivity contribution in [3.63, 3.8) is 0 Å². The van der Waals surface area contributed by atoms with E-state index in [2.05, 4.69) is 12.2 Å². The fraction of sp³-hybridized carbons (Fsp3) is 0.833. The van der Waals surface area contributed by atoms with Crippen LogP contribution in [0.15, 0.2) is 0 Å². The Bertz CT molecular complexity index is 488. The summed E-state index contributed by atoms with van der Waals surface area (Å²) in [5.41, 5.74) is -0.490. The predicted molar refractivity (Wildman–Crippen MR) is 86.4 cm³/mol. The number of likely N-dealkylation sites (tertiary alicyclic amines) is 1. The van der Waals surface area contributed by atoms with Crippen LogP contribution in [-0.2, 0) is 14.4 Å². The number of nitrogens with zero attached hydrogens (tertiary/aromatic N) is 1. The van der Waals surface area contributed by atoms with Crippen LogP contribution in [0.3, 0.4) is 0 Å². The summed E-state index contributed by atoms with van der Waals surface area (Å²) in [6, 6.07) is 0.204. The molecule has 0 aromatic carbocycles. The van der Waals surface area contributed by atoms with Gasteiger partial charge in [0.1, 0.15) is 6.54 Å². The van der Waals surface area contributed by atoms with Gasteiger partial charge in [-0.1, -0.05) is 26.2 Å². The maximum atomic E-state index is 12.7. The first-order valence-corrected chi connectivity index (χ1v) is 9.14. The van der Waals surface area contributed by atoms with E-state index < -0.39 is 5.41 Å². The predicted octanol–water partition coefficient (Wildman–Crippen LogP) is 2.39. The number of hydrogen-bond donors (Lipinski definition) is 1. The highest BCUT2D eigenvalue weighted by Crippen LogP contribution is 2.45. The summed E-state index contributed by atoms with van der Waals surface area (Å²) in [4.78, 5) is 38.4. The highest BCUT2D eigenvalue weighted by atomic mass is 16.2. The average molecular weight is 320 g/mol. The molecule has 2 saturated carbocycles. The van der Waals surface area contributed by atoms with Crippen LogP contribution in [0, 0.1) is 11.3 Å². The zero-order valence-electron chi connectivity index (χ0n) is 14.1. The molecule has 1 spiro atoms. The number of carbonyl (C=O) groups excluding carboxylic acids is 3. The Morgan fingerprint density at radius 3 is 2.43 bits per heavy atom. The number of hydrogen-bond acceptors (Lipinski definition) is 3. The van der Waals surface area contributed by atoms with Gasteiger partial charge >= 0.3 is 0 Å². The van der Waals surface area contributed by atoms with E-state index in [-0.39, 0.29) is 30.3 Å². The SMILES string of the molecule is CC1CCC(NC(=O)CN2C(=O)CC3(CCCCC3)C2=O)CC1. The minimum absolute atomic E-state index is 0.0918. The van der Waals surface area contributed by atoms with Crippen molar-refractivity contribution in [1.29, 1.82) is 0 Å². The van der Waals surface area contributed by atoms with Gasteiger partial charge in [0.05, 0.1) is 5.41 Å². The Balaban J connectivity index is 1.56. The normalized spacial score (nSPS) is 30.7. The van der Waals surface area contributed by atoms with Gasteiger partial charge in [-0.3, -0.25) is 19.3 Å². The van der Waals surface area contributed by atoms with Crippen LogP contribution in [0.25, 0.3) is 0 Å². The first-order valence-electron chi connectivity index (χ1n) is 9.14. The van der Waals surface area contributed by atoms with Crippen molar-refractivity contribution in [3.8, 4) is 0 Å². The molecule has 0 atom stereocenters. The second-order valence-electron chi connectivity index (χ2n) is 7.83. The van der Waals surface area contributed by atoms with Crippen molar-refractivity contribution in [2.24, 2.45) is 11.3 Å². The van der Waals surface area contributed by atoms with Crippen molar-refractivity contribution in [2.45, 2.75) is 77.2 Å². The van der Waals surface area contributed by atoms with Gasteiger partial charge in [0.15, 0.2) is 0 Å². The summed E-state index contributed by atoms with van der Waals surface area (Å²) in [6.07, 6.45) is 9.34. The highest BCUT2D eigenvalue weighted by molar-refractivity contribution is 6.08. The standard InChI is InChI=1S/C18H28N2O3/c1-13-5-7-14(8-6-13)19-15(21)12-20-16(22)11-18(17(20)23)9-3-2-4-10-18/h13-14H,2-12H2,1H3,(H,19,21). The molecule has 3 fully saturated rings. The molecule has 23 heavy (non-hydrogen) atoms. The zero-order chi connectivity index (χ0) is 16.4. The molecule has 0 bridgehead atoms. The monoisotopic (exact) mass is 320 g/mol. The Kier molecular flexibility index (Phi) is 4.74. The third-order valence-corrected chi connectivity index (χ3v) is 5.98. The van der Waals surface area contributed by atoms with Crippen molar-refractivity contribution in [2.75, 3.05) is 6.54 Å². The summed E-state index contributed by atoms with van der Waals surface area (Å²) in [6.45, 7) is 2.15. The first kappa shape index (κ1) is 16.5. The summed E-state index contributed by atoms with van der Waals surface area (Å²) in [5, 5.41) is 3.01. The minimum atomic E-state index is -0.490. The van der Waals surface area contributed by atoms with E-state index in [9.17, 15) is 14.4 Å². The fourth-order valence-corrected chi connectivity index (χ4v) is 4.46. The quantitative estimate of drug-likeness (QED) is 0.812. The second kappa shape index (κ2) is 6.62. The van der Waals surface area contributed by atoms with Crippen molar-refractivity contribution < 1.29 is 14.4 Å². The largest absolute Gasteiger partial charge is 0.352 e. The summed E-state index contributed by atoms with van der Waals surface area (Å²) < 4.78 is 0. The minimum Gasteiger partial charge on any atom is -0.352 e. The second-order valence-corrected chi connectivity index (χ2v) is 7.83. The summed E-state index contributed by atoms with van der Waals surface area (Å²) in [7, 11) is 0. The summed E-state index contributed by atoms with van der Waals surface area (Å²) >= 11 is 0. The molecule has 128 valence electrons. The van der Waals surface area contributed by atoms with Gasteiger partial charge in [-0.05, 0) is 44.4 Å². The van der Waals surface area contributed by atoms with E-state index in [4.69, 9.17) is 0 Å². The number of carbonyl (C=O) groups is 3. The van der Waals surface area contributed by atoms with Gasteiger partial charge in [0.2, 0.25) is 17.7 Å². The Morgan fingerprint density at radius 1 is 1.13 bits per heavy atom. The van der Waals surface area contributed by atoms with Crippen molar-refractivity contribution in [3.05, 3.63) is 0 Å². The van der Waals surface area contributed by atoms with E-state index >= 15 is 0 Å². The van der Waals surface area contributed by atoms with Crippen LogP contribution in [0.4, 0.5) is 0 Å². The van der Waals surface area contributed by atoms with Gasteiger partial charge in [0.25, 0.3) is 0 Å². The molecule has 0 unspecified atom stereocenters. The Hall–Kier alpha value is -1.39. The number of rotatable bonds is 3. The topological polar surface area (TPSA) is 66.5 Å². The molecular formula is C18H28N2O3. The van der Waals surface area contributed by atoms with E-state index in [1.54, 1.807) is 0 Å². The Labute approximate surface area is 138 Å². The first-order chi connectivity index (χ1) is 11.0. The molecule has 5 heteroatoms. The summed E-state index contributed by atoms with van der Waals surface area (Å²) in [5.74, 6) is 0.286. The molecule has 1 aliphatic heterocycles. The van der Waals surface area contributed by atoms with E-state index in [0.717, 1.165) is 63.7 Å². The highest BCUT2D eigenvalue weighted by Gasteiger charge is 2.51.